The zero-order valence-electron chi connectivity index (χ0n) is 17.4. The number of hydrogen-bond acceptors (Lipinski definition) is 4. The van der Waals surface area contributed by atoms with Crippen molar-refractivity contribution in [1.29, 1.82) is 0 Å². The molecular weight excluding hydrogens is 366 g/mol. The fourth-order valence-corrected chi connectivity index (χ4v) is 3.65. The first kappa shape index (κ1) is 21.0. The summed E-state index contributed by atoms with van der Waals surface area (Å²) in [6.07, 6.45) is 4.60. The lowest BCUT2D eigenvalue weighted by atomic mass is 10.1. The largest absolute Gasteiger partial charge is 0.342 e. The van der Waals surface area contributed by atoms with Crippen molar-refractivity contribution in [3.63, 3.8) is 0 Å². The van der Waals surface area contributed by atoms with Crippen LogP contribution >= 0.6 is 0 Å². The predicted molar refractivity (Wildman–Crippen MR) is 113 cm³/mol. The fraction of sp³-hybridized carbons (Fsp3) is 0.500. The van der Waals surface area contributed by atoms with E-state index in [1.54, 1.807) is 11.1 Å². The summed E-state index contributed by atoms with van der Waals surface area (Å²) in [6, 6.07) is 10.1. The van der Waals surface area contributed by atoms with Gasteiger partial charge in [0.25, 0.3) is 0 Å². The maximum atomic E-state index is 12.6. The molecule has 3 rings (SSSR count). The molecule has 1 aliphatic rings. The quantitative estimate of drug-likeness (QED) is 0.668. The van der Waals surface area contributed by atoms with Crippen LogP contribution in [0.1, 0.15) is 25.8 Å². The molecule has 0 bridgehead atoms. The summed E-state index contributed by atoms with van der Waals surface area (Å²) < 4.78 is 1.85. The van der Waals surface area contributed by atoms with Gasteiger partial charge in [-0.1, -0.05) is 44.2 Å². The molecule has 1 atom stereocenters. The number of anilines is 1. The van der Waals surface area contributed by atoms with Crippen molar-refractivity contribution in [2.45, 2.75) is 33.2 Å². The Balaban J connectivity index is 1.47. The lowest BCUT2D eigenvalue weighted by Gasteiger charge is -2.17. The van der Waals surface area contributed by atoms with E-state index < -0.39 is 0 Å². The lowest BCUT2D eigenvalue weighted by molar-refractivity contribution is -0.128. The van der Waals surface area contributed by atoms with E-state index in [0.29, 0.717) is 18.8 Å². The Labute approximate surface area is 172 Å². The van der Waals surface area contributed by atoms with E-state index in [4.69, 9.17) is 0 Å². The maximum absolute atomic E-state index is 12.6. The predicted octanol–water partition coefficient (Wildman–Crippen LogP) is 2.25. The molecule has 7 heteroatoms. The number of carbonyl (C=O) groups excluding carboxylic acids is 2. The van der Waals surface area contributed by atoms with Gasteiger partial charge in [-0.3, -0.25) is 14.3 Å². The van der Waals surface area contributed by atoms with Crippen LogP contribution < -0.4 is 5.32 Å². The Bertz CT molecular complexity index is 801. The van der Waals surface area contributed by atoms with Crippen LogP contribution in [-0.2, 0) is 22.6 Å². The van der Waals surface area contributed by atoms with Gasteiger partial charge in [0.2, 0.25) is 11.8 Å². The monoisotopic (exact) mass is 397 g/mol. The van der Waals surface area contributed by atoms with Crippen LogP contribution in [0.25, 0.3) is 0 Å². The van der Waals surface area contributed by atoms with Crippen molar-refractivity contribution in [1.82, 2.24) is 19.6 Å². The van der Waals surface area contributed by atoms with E-state index in [9.17, 15) is 9.59 Å². The van der Waals surface area contributed by atoms with E-state index in [1.807, 2.05) is 29.1 Å². The van der Waals surface area contributed by atoms with Crippen molar-refractivity contribution >= 4 is 17.5 Å². The van der Waals surface area contributed by atoms with E-state index in [1.165, 1.54) is 5.56 Å². The second kappa shape index (κ2) is 10.2. The first-order valence-corrected chi connectivity index (χ1v) is 10.5. The molecule has 1 aliphatic heterocycles. The highest BCUT2D eigenvalue weighted by Gasteiger charge is 2.34. The molecule has 0 aliphatic carbocycles. The smallest absolute Gasteiger partial charge is 0.229 e. The fourth-order valence-electron chi connectivity index (χ4n) is 3.65. The van der Waals surface area contributed by atoms with Crippen LogP contribution in [0.15, 0.2) is 42.7 Å². The molecule has 0 spiro atoms. The number of carbonyl (C=O) groups is 2. The third kappa shape index (κ3) is 5.90. The van der Waals surface area contributed by atoms with Crippen LogP contribution in [0.5, 0.6) is 0 Å². The van der Waals surface area contributed by atoms with Gasteiger partial charge in [-0.25, -0.2) is 0 Å². The average molecular weight is 398 g/mol. The third-order valence-corrected chi connectivity index (χ3v) is 5.54. The molecule has 0 saturated carbocycles. The summed E-state index contributed by atoms with van der Waals surface area (Å²) in [5.74, 6) is -0.364. The summed E-state index contributed by atoms with van der Waals surface area (Å²) in [5.41, 5.74) is 1.88. The highest BCUT2D eigenvalue weighted by molar-refractivity contribution is 5.97. The molecule has 2 heterocycles. The summed E-state index contributed by atoms with van der Waals surface area (Å²) >= 11 is 0. The summed E-state index contributed by atoms with van der Waals surface area (Å²) in [7, 11) is 0. The topological polar surface area (TPSA) is 70.5 Å². The van der Waals surface area contributed by atoms with Crippen LogP contribution in [0, 0.1) is 5.92 Å². The number of nitrogens with one attached hydrogen (secondary N) is 1. The number of likely N-dealkylation sites (tertiary alicyclic amines) is 1. The molecular formula is C22H31N5O2. The van der Waals surface area contributed by atoms with Crippen molar-refractivity contribution < 1.29 is 9.59 Å². The summed E-state index contributed by atoms with van der Waals surface area (Å²) in [6.45, 7) is 9.15. The molecule has 1 N–H and O–H groups in total. The first-order valence-electron chi connectivity index (χ1n) is 10.5. The van der Waals surface area contributed by atoms with Gasteiger partial charge in [-0.2, -0.15) is 5.10 Å². The summed E-state index contributed by atoms with van der Waals surface area (Å²) in [4.78, 5) is 29.0. The van der Waals surface area contributed by atoms with E-state index in [-0.39, 0.29) is 24.2 Å². The molecule has 156 valence electrons. The standard InChI is InChI=1S/C22H31N5O2/c1-3-25(4-2)12-13-27-17-20(15-23-27)24-22(29)19-14-21(28)26(16-19)11-10-18-8-6-5-7-9-18/h5-9,15,17,19H,3-4,10-14,16H2,1-2H3,(H,24,29). The number of nitrogens with zero attached hydrogens (tertiary/aromatic N) is 4. The molecule has 29 heavy (non-hydrogen) atoms. The van der Waals surface area contributed by atoms with Gasteiger partial charge < -0.3 is 15.1 Å². The molecule has 1 fully saturated rings. The summed E-state index contributed by atoms with van der Waals surface area (Å²) in [5, 5.41) is 7.25. The Morgan fingerprint density at radius 1 is 1.21 bits per heavy atom. The SMILES string of the molecule is CCN(CC)CCn1cc(NC(=O)C2CC(=O)N(CCc3ccccc3)C2)cn1. The van der Waals surface area contributed by atoms with Crippen LogP contribution in [0.2, 0.25) is 0 Å². The van der Waals surface area contributed by atoms with E-state index >= 15 is 0 Å². The molecule has 0 radical (unpaired) electrons. The minimum absolute atomic E-state index is 0.0519. The number of hydrogen-bond donors (Lipinski definition) is 1. The molecule has 2 aromatic rings. The highest BCUT2D eigenvalue weighted by atomic mass is 16.2. The van der Waals surface area contributed by atoms with Gasteiger partial charge >= 0.3 is 0 Å². The van der Waals surface area contributed by atoms with Gasteiger partial charge in [0.05, 0.1) is 24.3 Å². The van der Waals surface area contributed by atoms with Crippen molar-refractivity contribution in [2.24, 2.45) is 5.92 Å². The number of amides is 2. The molecule has 2 amide bonds. The Kier molecular flexibility index (Phi) is 7.41. The maximum Gasteiger partial charge on any atom is 0.229 e. The highest BCUT2D eigenvalue weighted by Crippen LogP contribution is 2.20. The zero-order chi connectivity index (χ0) is 20.6. The number of rotatable bonds is 10. The average Bonchev–Trinajstić information content (AvgIpc) is 3.34. The second-order valence-electron chi connectivity index (χ2n) is 7.48. The van der Waals surface area contributed by atoms with Gasteiger partial charge in [-0.05, 0) is 25.1 Å². The van der Waals surface area contributed by atoms with Gasteiger partial charge in [-0.15, -0.1) is 0 Å². The third-order valence-electron chi connectivity index (χ3n) is 5.54. The van der Waals surface area contributed by atoms with Gasteiger partial charge in [0.15, 0.2) is 0 Å². The molecule has 7 nitrogen and oxygen atoms in total. The Morgan fingerprint density at radius 2 is 1.97 bits per heavy atom. The van der Waals surface area contributed by atoms with Crippen LogP contribution in [0.4, 0.5) is 5.69 Å². The minimum atomic E-state index is -0.308. The normalized spacial score (nSPS) is 16.6. The first-order chi connectivity index (χ1) is 14.1. The van der Waals surface area contributed by atoms with Crippen molar-refractivity contribution in [2.75, 3.05) is 38.0 Å². The van der Waals surface area contributed by atoms with Gasteiger partial charge in [0, 0.05) is 32.3 Å². The second-order valence-corrected chi connectivity index (χ2v) is 7.48. The van der Waals surface area contributed by atoms with E-state index in [2.05, 4.69) is 41.3 Å². The van der Waals surface area contributed by atoms with E-state index in [0.717, 1.165) is 32.6 Å². The Morgan fingerprint density at radius 3 is 2.69 bits per heavy atom. The van der Waals surface area contributed by atoms with Crippen molar-refractivity contribution in [3.05, 3.63) is 48.3 Å². The van der Waals surface area contributed by atoms with Crippen LogP contribution in [0.3, 0.4) is 0 Å². The van der Waals surface area contributed by atoms with Crippen molar-refractivity contribution in [3.8, 4) is 0 Å². The molecule has 1 aromatic carbocycles. The van der Waals surface area contributed by atoms with Crippen LogP contribution in [-0.4, -0.2) is 64.1 Å². The Hall–Kier alpha value is -2.67. The number of benzene rings is 1. The molecule has 1 aromatic heterocycles. The van der Waals surface area contributed by atoms with Gasteiger partial charge in [0.1, 0.15) is 0 Å². The molecule has 1 saturated heterocycles. The zero-order valence-corrected chi connectivity index (χ0v) is 17.4. The number of aromatic nitrogens is 2. The number of likely N-dealkylation sites (N-methyl/N-ethyl adjacent to an activating group) is 1. The molecule has 1 unspecified atom stereocenters. The lowest BCUT2D eigenvalue weighted by Crippen LogP contribution is -2.30. The minimum Gasteiger partial charge on any atom is -0.342 e.